The highest BCUT2D eigenvalue weighted by atomic mass is 16.4. The van der Waals surface area contributed by atoms with Crippen LogP contribution in [0.5, 0.6) is 0 Å². The maximum Gasteiger partial charge on any atom is 0.326 e. The lowest BCUT2D eigenvalue weighted by Gasteiger charge is -2.16. The topological polar surface area (TPSA) is 119 Å². The van der Waals surface area contributed by atoms with Gasteiger partial charge >= 0.3 is 12.0 Å². The molecule has 3 amide bonds. The van der Waals surface area contributed by atoms with Crippen LogP contribution in [0.2, 0.25) is 0 Å². The van der Waals surface area contributed by atoms with Crippen molar-refractivity contribution in [2.24, 2.45) is 0 Å². The highest BCUT2D eigenvalue weighted by Gasteiger charge is 2.19. The number of carbonyl (C=O) groups excluding carboxylic acids is 2. The van der Waals surface area contributed by atoms with Gasteiger partial charge in [0.05, 0.1) is 6.54 Å². The number of rotatable bonds is 7. The first kappa shape index (κ1) is 16.2. The molecule has 0 fully saturated rings. The molecule has 0 rings (SSSR count). The summed E-state index contributed by atoms with van der Waals surface area (Å²) in [7, 11) is 1.59. The first-order valence-electron chi connectivity index (χ1n) is 5.54. The van der Waals surface area contributed by atoms with Gasteiger partial charge in [0.15, 0.2) is 0 Å². The number of aliphatic hydroxyl groups excluding tert-OH is 1. The molecule has 0 saturated carbocycles. The SMILES string of the molecule is CCN(C)C(=O)CNC(=O)N[C@H](CCO)C(=O)O. The summed E-state index contributed by atoms with van der Waals surface area (Å²) in [6.07, 6.45) is -0.0917. The molecular formula is C10H19N3O5. The standard InChI is InChI=1S/C10H19N3O5/c1-3-13(2)8(15)6-11-10(18)12-7(4-5-14)9(16)17/h7,14H,3-6H2,1-2H3,(H,16,17)(H2,11,12,18)/t7-/m1/s1. The number of nitrogens with one attached hydrogen (secondary N) is 2. The van der Waals surface area contributed by atoms with Crippen molar-refractivity contribution in [3.8, 4) is 0 Å². The van der Waals surface area contributed by atoms with Crippen molar-refractivity contribution >= 4 is 17.9 Å². The Bertz CT molecular complexity index is 308. The summed E-state index contributed by atoms with van der Waals surface area (Å²) < 4.78 is 0. The Kier molecular flexibility index (Phi) is 7.45. The van der Waals surface area contributed by atoms with Crippen molar-refractivity contribution in [3.05, 3.63) is 0 Å². The summed E-state index contributed by atoms with van der Waals surface area (Å²) in [6.45, 7) is 1.75. The Morgan fingerprint density at radius 3 is 2.39 bits per heavy atom. The van der Waals surface area contributed by atoms with E-state index in [-0.39, 0.29) is 25.5 Å². The molecule has 1 atom stereocenters. The van der Waals surface area contributed by atoms with E-state index in [0.717, 1.165) is 0 Å². The Morgan fingerprint density at radius 2 is 1.94 bits per heavy atom. The number of hydrogen-bond donors (Lipinski definition) is 4. The van der Waals surface area contributed by atoms with Crippen molar-refractivity contribution < 1.29 is 24.6 Å². The fourth-order valence-electron chi connectivity index (χ4n) is 1.06. The van der Waals surface area contributed by atoms with Crippen molar-refractivity contribution in [2.45, 2.75) is 19.4 Å². The highest BCUT2D eigenvalue weighted by Crippen LogP contribution is 1.91. The van der Waals surface area contributed by atoms with Gasteiger partial charge in [0, 0.05) is 26.6 Å². The summed E-state index contributed by atoms with van der Waals surface area (Å²) in [5.41, 5.74) is 0. The molecule has 8 heteroatoms. The van der Waals surface area contributed by atoms with Crippen LogP contribution >= 0.6 is 0 Å². The third-order valence-corrected chi connectivity index (χ3v) is 2.32. The van der Waals surface area contributed by atoms with Crippen molar-refractivity contribution in [3.63, 3.8) is 0 Å². The van der Waals surface area contributed by atoms with Gasteiger partial charge in [0.2, 0.25) is 5.91 Å². The van der Waals surface area contributed by atoms with Crippen molar-refractivity contribution in [1.82, 2.24) is 15.5 Å². The van der Waals surface area contributed by atoms with Crippen LogP contribution in [0.25, 0.3) is 0 Å². The van der Waals surface area contributed by atoms with Crippen molar-refractivity contribution in [1.29, 1.82) is 0 Å². The molecule has 0 spiro atoms. The Hall–Kier alpha value is -1.83. The van der Waals surface area contributed by atoms with E-state index in [1.54, 1.807) is 14.0 Å². The number of carbonyl (C=O) groups is 3. The van der Waals surface area contributed by atoms with Crippen LogP contribution in [0.1, 0.15) is 13.3 Å². The molecule has 0 radical (unpaired) electrons. The number of hydrogen-bond acceptors (Lipinski definition) is 4. The lowest BCUT2D eigenvalue weighted by atomic mass is 10.2. The van der Waals surface area contributed by atoms with Gasteiger partial charge < -0.3 is 25.7 Å². The molecule has 0 aromatic heterocycles. The highest BCUT2D eigenvalue weighted by molar-refractivity contribution is 5.86. The number of amides is 3. The summed E-state index contributed by atoms with van der Waals surface area (Å²) >= 11 is 0. The van der Waals surface area contributed by atoms with Crippen molar-refractivity contribution in [2.75, 3.05) is 26.7 Å². The van der Waals surface area contributed by atoms with Gasteiger partial charge in [-0.1, -0.05) is 0 Å². The van der Waals surface area contributed by atoms with Gasteiger partial charge in [-0.25, -0.2) is 9.59 Å². The number of nitrogens with zero attached hydrogens (tertiary/aromatic N) is 1. The molecule has 0 aromatic rings. The van der Waals surface area contributed by atoms with E-state index in [2.05, 4.69) is 10.6 Å². The normalized spacial score (nSPS) is 11.5. The van der Waals surface area contributed by atoms with Crippen LogP contribution in [0, 0.1) is 0 Å². The molecule has 0 heterocycles. The van der Waals surface area contributed by atoms with Gasteiger partial charge in [0.25, 0.3) is 0 Å². The molecule has 4 N–H and O–H groups in total. The number of aliphatic carboxylic acids is 1. The molecule has 0 unspecified atom stereocenters. The van der Waals surface area contributed by atoms with Gasteiger partial charge in [-0.2, -0.15) is 0 Å². The molecule has 0 aromatic carbocycles. The van der Waals surface area contributed by atoms with Crippen LogP contribution in [0.3, 0.4) is 0 Å². The van der Waals surface area contributed by atoms with E-state index in [1.807, 2.05) is 0 Å². The van der Waals surface area contributed by atoms with Crippen LogP contribution < -0.4 is 10.6 Å². The number of aliphatic hydroxyl groups is 1. The number of urea groups is 1. The van der Waals surface area contributed by atoms with Crippen LogP contribution in [0.4, 0.5) is 4.79 Å². The Balaban J connectivity index is 4.10. The predicted octanol–water partition coefficient (Wildman–Crippen LogP) is -1.40. The minimum absolute atomic E-state index is 0.0917. The first-order chi connectivity index (χ1) is 8.42. The summed E-state index contributed by atoms with van der Waals surface area (Å²) in [5, 5.41) is 21.8. The maximum absolute atomic E-state index is 11.4. The third kappa shape index (κ3) is 6.04. The second kappa shape index (κ2) is 8.29. The molecule has 0 saturated heterocycles. The van der Waals surface area contributed by atoms with E-state index in [4.69, 9.17) is 10.2 Å². The third-order valence-electron chi connectivity index (χ3n) is 2.32. The smallest absolute Gasteiger partial charge is 0.326 e. The minimum atomic E-state index is -1.24. The summed E-state index contributed by atoms with van der Waals surface area (Å²) in [5.74, 6) is -1.52. The molecule has 8 nitrogen and oxygen atoms in total. The second-order valence-electron chi connectivity index (χ2n) is 3.64. The Morgan fingerprint density at radius 1 is 1.33 bits per heavy atom. The maximum atomic E-state index is 11.4. The van der Waals surface area contributed by atoms with Crippen LogP contribution in [-0.4, -0.2) is 65.8 Å². The number of carboxylic acids is 1. The molecule has 104 valence electrons. The average molecular weight is 261 g/mol. The lowest BCUT2D eigenvalue weighted by molar-refractivity contribution is -0.139. The van der Waals surface area contributed by atoms with Gasteiger partial charge in [0.1, 0.15) is 6.04 Å². The van der Waals surface area contributed by atoms with Gasteiger partial charge in [-0.05, 0) is 6.92 Å². The van der Waals surface area contributed by atoms with E-state index < -0.39 is 18.0 Å². The predicted molar refractivity (Wildman–Crippen MR) is 63.0 cm³/mol. The average Bonchev–Trinajstić information content (AvgIpc) is 2.34. The molecule has 0 aliphatic carbocycles. The zero-order valence-corrected chi connectivity index (χ0v) is 10.5. The largest absolute Gasteiger partial charge is 0.480 e. The van der Waals surface area contributed by atoms with E-state index >= 15 is 0 Å². The van der Waals surface area contributed by atoms with Crippen LogP contribution in [0.15, 0.2) is 0 Å². The fraction of sp³-hybridized carbons (Fsp3) is 0.700. The lowest BCUT2D eigenvalue weighted by Crippen LogP contribution is -2.48. The minimum Gasteiger partial charge on any atom is -0.480 e. The van der Waals surface area contributed by atoms with Gasteiger partial charge in [-0.15, -0.1) is 0 Å². The zero-order chi connectivity index (χ0) is 14.1. The zero-order valence-electron chi connectivity index (χ0n) is 10.5. The summed E-state index contributed by atoms with van der Waals surface area (Å²) in [6, 6.07) is -1.93. The monoisotopic (exact) mass is 261 g/mol. The van der Waals surface area contributed by atoms with E-state index in [1.165, 1.54) is 4.90 Å². The van der Waals surface area contributed by atoms with E-state index in [9.17, 15) is 14.4 Å². The van der Waals surface area contributed by atoms with Crippen LogP contribution in [-0.2, 0) is 9.59 Å². The second-order valence-corrected chi connectivity index (χ2v) is 3.64. The molecule has 18 heavy (non-hydrogen) atoms. The molecular weight excluding hydrogens is 242 g/mol. The Labute approximate surface area is 105 Å². The molecule has 0 aliphatic rings. The van der Waals surface area contributed by atoms with E-state index in [0.29, 0.717) is 6.54 Å². The number of likely N-dealkylation sites (N-methyl/N-ethyl adjacent to an activating group) is 1. The quantitative estimate of drug-likeness (QED) is 0.449. The number of carboxylic acid groups (broad SMARTS) is 1. The first-order valence-corrected chi connectivity index (χ1v) is 5.54. The summed E-state index contributed by atoms with van der Waals surface area (Å²) in [4.78, 5) is 34.8. The van der Waals surface area contributed by atoms with Gasteiger partial charge in [-0.3, -0.25) is 4.79 Å². The molecule has 0 aliphatic heterocycles. The molecule has 0 bridgehead atoms. The fourth-order valence-corrected chi connectivity index (χ4v) is 1.06.